The van der Waals surface area contributed by atoms with Gasteiger partial charge in [0, 0.05) is 13.1 Å². The fraction of sp³-hybridized carbons (Fsp3) is 0.286. The van der Waals surface area contributed by atoms with Gasteiger partial charge in [0.25, 0.3) is 5.91 Å². The predicted octanol–water partition coefficient (Wildman–Crippen LogP) is -0.599. The third-order valence-corrected chi connectivity index (χ3v) is 1.60. The molecular weight excluding hydrogens is 206 g/mol. The normalized spacial score (nSPS) is 9.86. The van der Waals surface area contributed by atoms with E-state index in [1.165, 1.54) is 6.20 Å². The van der Waals surface area contributed by atoms with E-state index >= 15 is 0 Å². The minimum absolute atomic E-state index is 0.0194. The Bertz CT molecular complexity index is 343. The van der Waals surface area contributed by atoms with Crippen molar-refractivity contribution in [2.24, 2.45) is 5.73 Å². The molecule has 0 bridgehead atoms. The van der Waals surface area contributed by atoms with Gasteiger partial charge in [0.05, 0.1) is 6.20 Å². The summed E-state index contributed by atoms with van der Waals surface area (Å²) >= 11 is 5.56. The first-order valence-electron chi connectivity index (χ1n) is 3.91. The van der Waals surface area contributed by atoms with Crippen LogP contribution in [-0.2, 0) is 0 Å². The van der Waals surface area contributed by atoms with Crippen molar-refractivity contribution in [3.63, 3.8) is 0 Å². The van der Waals surface area contributed by atoms with E-state index in [9.17, 15) is 4.79 Å². The summed E-state index contributed by atoms with van der Waals surface area (Å²) in [7, 11) is 0. The monoisotopic (exact) mass is 215 g/mol. The molecule has 0 spiro atoms. The molecule has 0 saturated heterocycles. The van der Waals surface area contributed by atoms with Crippen LogP contribution in [0.25, 0.3) is 0 Å². The molecule has 0 unspecified atom stereocenters. The van der Waals surface area contributed by atoms with Crippen molar-refractivity contribution < 1.29 is 4.79 Å². The number of halogens is 1. The molecule has 1 amide bonds. The summed E-state index contributed by atoms with van der Waals surface area (Å²) in [6.07, 6.45) is 1.27. The number of anilines is 1. The second kappa shape index (κ2) is 4.73. The summed E-state index contributed by atoms with van der Waals surface area (Å²) in [4.78, 5) is 18.8. The molecule has 1 aromatic heterocycles. The number of rotatable bonds is 3. The molecule has 0 atom stereocenters. The number of carbonyl (C=O) groups is 1. The molecule has 0 saturated carbocycles. The molecule has 14 heavy (non-hydrogen) atoms. The first-order chi connectivity index (χ1) is 6.65. The van der Waals surface area contributed by atoms with Gasteiger partial charge < -0.3 is 16.8 Å². The molecule has 0 aromatic carbocycles. The standard InChI is InChI=1S/C7H10ClN5O/c8-4-3-12-6(10)5(13-4)7(14)11-2-1-9/h3H,1-2,9H2,(H2,10,12)(H,11,14). The van der Waals surface area contributed by atoms with Crippen molar-refractivity contribution in [2.75, 3.05) is 18.8 Å². The van der Waals surface area contributed by atoms with Gasteiger partial charge in [-0.1, -0.05) is 11.6 Å². The highest BCUT2D eigenvalue weighted by atomic mass is 35.5. The van der Waals surface area contributed by atoms with Crippen LogP contribution >= 0.6 is 11.6 Å². The maximum Gasteiger partial charge on any atom is 0.273 e. The number of nitrogens with one attached hydrogen (secondary N) is 1. The lowest BCUT2D eigenvalue weighted by Crippen LogP contribution is -2.30. The topological polar surface area (TPSA) is 107 Å². The van der Waals surface area contributed by atoms with Gasteiger partial charge in [-0.05, 0) is 0 Å². The van der Waals surface area contributed by atoms with E-state index in [-0.39, 0.29) is 16.7 Å². The Morgan fingerprint density at radius 2 is 2.36 bits per heavy atom. The number of carbonyl (C=O) groups excluding carboxylic acids is 1. The van der Waals surface area contributed by atoms with Gasteiger partial charge in [-0.2, -0.15) is 0 Å². The third-order valence-electron chi connectivity index (χ3n) is 1.42. The molecule has 0 fully saturated rings. The second-order valence-electron chi connectivity index (χ2n) is 2.47. The zero-order valence-corrected chi connectivity index (χ0v) is 8.08. The van der Waals surface area contributed by atoms with Crippen LogP contribution in [0.1, 0.15) is 10.5 Å². The molecule has 5 N–H and O–H groups in total. The molecule has 0 radical (unpaired) electrons. The lowest BCUT2D eigenvalue weighted by molar-refractivity contribution is 0.0950. The van der Waals surface area contributed by atoms with E-state index in [4.69, 9.17) is 23.1 Å². The van der Waals surface area contributed by atoms with E-state index < -0.39 is 5.91 Å². The minimum Gasteiger partial charge on any atom is -0.382 e. The van der Waals surface area contributed by atoms with Crippen LogP contribution in [0.15, 0.2) is 6.20 Å². The number of nitrogens with zero attached hydrogens (tertiary/aromatic N) is 2. The molecule has 1 rings (SSSR count). The number of aromatic nitrogens is 2. The molecular formula is C7H10ClN5O. The number of nitrogens with two attached hydrogens (primary N) is 2. The second-order valence-corrected chi connectivity index (χ2v) is 2.86. The van der Waals surface area contributed by atoms with Crippen LogP contribution in [0, 0.1) is 0 Å². The predicted molar refractivity (Wildman–Crippen MR) is 52.8 cm³/mol. The molecule has 6 nitrogen and oxygen atoms in total. The molecule has 0 aliphatic rings. The Hall–Kier alpha value is -1.40. The van der Waals surface area contributed by atoms with Crippen LogP contribution in [0.3, 0.4) is 0 Å². The largest absolute Gasteiger partial charge is 0.382 e. The number of hydrogen-bond acceptors (Lipinski definition) is 5. The van der Waals surface area contributed by atoms with Crippen molar-refractivity contribution in [1.29, 1.82) is 0 Å². The van der Waals surface area contributed by atoms with Gasteiger partial charge in [0.2, 0.25) is 0 Å². The molecule has 76 valence electrons. The highest BCUT2D eigenvalue weighted by Gasteiger charge is 2.12. The number of amides is 1. The summed E-state index contributed by atoms with van der Waals surface area (Å²) in [5, 5.41) is 2.63. The van der Waals surface area contributed by atoms with Crippen molar-refractivity contribution in [2.45, 2.75) is 0 Å². The first kappa shape index (κ1) is 10.7. The van der Waals surface area contributed by atoms with E-state index in [0.717, 1.165) is 0 Å². The molecule has 0 aliphatic carbocycles. The van der Waals surface area contributed by atoms with Gasteiger partial charge in [0.15, 0.2) is 11.5 Å². The van der Waals surface area contributed by atoms with E-state index in [2.05, 4.69) is 15.3 Å². The summed E-state index contributed by atoms with van der Waals surface area (Å²) in [5.74, 6) is -0.383. The van der Waals surface area contributed by atoms with Crippen LogP contribution < -0.4 is 16.8 Å². The highest BCUT2D eigenvalue weighted by molar-refractivity contribution is 6.29. The van der Waals surface area contributed by atoms with Crippen LogP contribution in [0.2, 0.25) is 5.15 Å². The average molecular weight is 216 g/mol. The summed E-state index contributed by atoms with van der Waals surface area (Å²) in [6.45, 7) is 0.701. The molecule has 7 heteroatoms. The zero-order chi connectivity index (χ0) is 10.6. The Morgan fingerprint density at radius 3 is 3.00 bits per heavy atom. The van der Waals surface area contributed by atoms with Gasteiger partial charge in [0.1, 0.15) is 5.15 Å². The third kappa shape index (κ3) is 2.54. The molecule has 0 aliphatic heterocycles. The number of hydrogen-bond donors (Lipinski definition) is 3. The van der Waals surface area contributed by atoms with Gasteiger partial charge >= 0.3 is 0 Å². The fourth-order valence-electron chi connectivity index (χ4n) is 0.813. The summed E-state index contributed by atoms with van der Waals surface area (Å²) in [6, 6.07) is 0. The van der Waals surface area contributed by atoms with Gasteiger partial charge in [-0.3, -0.25) is 4.79 Å². The van der Waals surface area contributed by atoms with Crippen molar-refractivity contribution in [1.82, 2.24) is 15.3 Å². The molecule has 1 heterocycles. The lowest BCUT2D eigenvalue weighted by atomic mass is 10.4. The Balaban J connectivity index is 2.83. The van der Waals surface area contributed by atoms with Crippen molar-refractivity contribution in [3.05, 3.63) is 17.0 Å². The SMILES string of the molecule is NCCNC(=O)c1nc(Cl)cnc1N. The Labute approximate surface area is 85.7 Å². The zero-order valence-electron chi connectivity index (χ0n) is 7.33. The maximum absolute atomic E-state index is 11.4. The smallest absolute Gasteiger partial charge is 0.273 e. The van der Waals surface area contributed by atoms with Crippen LogP contribution in [-0.4, -0.2) is 29.0 Å². The highest BCUT2D eigenvalue weighted by Crippen LogP contribution is 2.09. The van der Waals surface area contributed by atoms with Crippen LogP contribution in [0.5, 0.6) is 0 Å². The first-order valence-corrected chi connectivity index (χ1v) is 4.29. The van der Waals surface area contributed by atoms with E-state index in [1.807, 2.05) is 0 Å². The van der Waals surface area contributed by atoms with Gasteiger partial charge in [-0.25, -0.2) is 9.97 Å². The summed E-state index contributed by atoms with van der Waals surface area (Å²) in [5.41, 5.74) is 10.7. The van der Waals surface area contributed by atoms with Crippen LogP contribution in [0.4, 0.5) is 5.82 Å². The Kier molecular flexibility index (Phi) is 3.61. The van der Waals surface area contributed by atoms with E-state index in [0.29, 0.717) is 13.1 Å². The number of nitrogen functional groups attached to an aromatic ring is 1. The quantitative estimate of drug-likeness (QED) is 0.624. The van der Waals surface area contributed by atoms with E-state index in [1.54, 1.807) is 0 Å². The van der Waals surface area contributed by atoms with Crippen molar-refractivity contribution >= 4 is 23.3 Å². The minimum atomic E-state index is -0.428. The lowest BCUT2D eigenvalue weighted by Gasteiger charge is -2.04. The fourth-order valence-corrected chi connectivity index (χ4v) is 0.947. The summed E-state index contributed by atoms with van der Waals surface area (Å²) < 4.78 is 0. The van der Waals surface area contributed by atoms with Gasteiger partial charge in [-0.15, -0.1) is 0 Å². The Morgan fingerprint density at radius 1 is 1.64 bits per heavy atom. The average Bonchev–Trinajstić information content (AvgIpc) is 2.18. The maximum atomic E-state index is 11.4. The van der Waals surface area contributed by atoms with Crippen molar-refractivity contribution in [3.8, 4) is 0 Å². The molecule has 1 aromatic rings.